The van der Waals surface area contributed by atoms with Crippen molar-refractivity contribution in [3.63, 3.8) is 0 Å². The van der Waals surface area contributed by atoms with Crippen LogP contribution in [0.4, 0.5) is 0 Å². The van der Waals surface area contributed by atoms with Crippen LogP contribution in [0.3, 0.4) is 0 Å². The van der Waals surface area contributed by atoms with Crippen LogP contribution in [-0.4, -0.2) is 24.8 Å². The van der Waals surface area contributed by atoms with Crippen LogP contribution in [0.25, 0.3) is 0 Å². The van der Waals surface area contributed by atoms with Gasteiger partial charge in [0.2, 0.25) is 0 Å². The fourth-order valence-electron chi connectivity index (χ4n) is 2.10. The van der Waals surface area contributed by atoms with E-state index in [2.05, 4.69) is 24.3 Å². The van der Waals surface area contributed by atoms with Gasteiger partial charge in [0.05, 0.1) is 13.2 Å². The van der Waals surface area contributed by atoms with E-state index in [9.17, 15) is 4.79 Å². The van der Waals surface area contributed by atoms with E-state index in [1.807, 2.05) is 13.0 Å². The summed E-state index contributed by atoms with van der Waals surface area (Å²) in [6.07, 6.45) is 3.90. The van der Waals surface area contributed by atoms with Gasteiger partial charge in [0.15, 0.2) is 5.60 Å². The Morgan fingerprint density at radius 2 is 2.06 bits per heavy atom. The number of esters is 1. The molecule has 1 saturated heterocycles. The largest absolute Gasteiger partial charge is 0.464 e. The molecule has 1 aromatic carbocycles. The lowest BCUT2D eigenvalue weighted by atomic mass is 10.0. The van der Waals surface area contributed by atoms with Crippen LogP contribution in [0.5, 0.6) is 0 Å². The van der Waals surface area contributed by atoms with E-state index in [1.165, 1.54) is 5.56 Å². The highest BCUT2D eigenvalue weighted by Crippen LogP contribution is 2.34. The van der Waals surface area contributed by atoms with E-state index >= 15 is 0 Å². The van der Waals surface area contributed by atoms with E-state index in [-0.39, 0.29) is 5.97 Å². The summed E-state index contributed by atoms with van der Waals surface area (Å²) in [6.45, 7) is 2.77. The molecule has 3 heteroatoms. The Bertz CT molecular complexity index is 382. The molecule has 1 aliphatic rings. The van der Waals surface area contributed by atoms with Gasteiger partial charge in [0.1, 0.15) is 0 Å². The second-order valence-electron chi connectivity index (χ2n) is 4.70. The summed E-state index contributed by atoms with van der Waals surface area (Å²) in [6, 6.07) is 10.4. The average molecular weight is 248 g/mol. The lowest BCUT2D eigenvalue weighted by Crippen LogP contribution is -2.27. The van der Waals surface area contributed by atoms with Crippen LogP contribution in [0.1, 0.15) is 31.7 Å². The maximum Gasteiger partial charge on any atom is 0.340 e. The number of ether oxygens (including phenoxy) is 2. The SMILES string of the molecule is CCOC(=O)[C@@]1(CCCCc2ccccc2)CO1. The number of rotatable bonds is 7. The molecule has 0 aliphatic carbocycles. The van der Waals surface area contributed by atoms with E-state index in [0.717, 1.165) is 25.7 Å². The number of epoxide rings is 1. The molecule has 98 valence electrons. The summed E-state index contributed by atoms with van der Waals surface area (Å²) in [4.78, 5) is 11.6. The van der Waals surface area contributed by atoms with Crippen LogP contribution >= 0.6 is 0 Å². The van der Waals surface area contributed by atoms with Gasteiger partial charge >= 0.3 is 5.97 Å². The van der Waals surface area contributed by atoms with E-state index in [0.29, 0.717) is 13.2 Å². The Morgan fingerprint density at radius 3 is 2.67 bits per heavy atom. The molecule has 1 atom stereocenters. The predicted octanol–water partition coefficient (Wildman–Crippen LogP) is 2.73. The highest BCUT2D eigenvalue weighted by Gasteiger charge is 2.52. The quantitative estimate of drug-likeness (QED) is 0.423. The Morgan fingerprint density at radius 1 is 1.33 bits per heavy atom. The summed E-state index contributed by atoms with van der Waals surface area (Å²) in [7, 11) is 0. The Hall–Kier alpha value is -1.35. The van der Waals surface area contributed by atoms with Crippen LogP contribution < -0.4 is 0 Å². The van der Waals surface area contributed by atoms with Crippen molar-refractivity contribution in [2.45, 2.75) is 38.2 Å². The topological polar surface area (TPSA) is 38.8 Å². The number of aryl methyl sites for hydroxylation is 1. The molecule has 2 rings (SSSR count). The minimum absolute atomic E-state index is 0.190. The van der Waals surface area contributed by atoms with Crippen molar-refractivity contribution in [1.29, 1.82) is 0 Å². The third-order valence-electron chi connectivity index (χ3n) is 3.28. The summed E-state index contributed by atoms with van der Waals surface area (Å²) in [5, 5.41) is 0. The molecule has 0 N–H and O–H groups in total. The fraction of sp³-hybridized carbons (Fsp3) is 0.533. The Balaban J connectivity index is 1.68. The molecule has 0 saturated carbocycles. The molecular weight excluding hydrogens is 228 g/mol. The van der Waals surface area contributed by atoms with E-state index in [4.69, 9.17) is 9.47 Å². The predicted molar refractivity (Wildman–Crippen MR) is 69.3 cm³/mol. The molecule has 3 nitrogen and oxygen atoms in total. The van der Waals surface area contributed by atoms with Crippen molar-refractivity contribution in [1.82, 2.24) is 0 Å². The summed E-state index contributed by atoms with van der Waals surface area (Å²) in [5.74, 6) is -0.190. The van der Waals surface area contributed by atoms with Gasteiger partial charge < -0.3 is 9.47 Å². The van der Waals surface area contributed by atoms with Gasteiger partial charge in [0.25, 0.3) is 0 Å². The molecule has 0 bridgehead atoms. The maximum atomic E-state index is 11.6. The van der Waals surface area contributed by atoms with Gasteiger partial charge in [0, 0.05) is 0 Å². The zero-order valence-electron chi connectivity index (χ0n) is 10.9. The standard InChI is InChI=1S/C15H20O3/c1-2-17-14(16)15(12-18-15)11-7-6-10-13-8-4-3-5-9-13/h3-5,8-9H,2,6-7,10-12H2,1H3/t15-/m1/s1. The van der Waals surface area contributed by atoms with Gasteiger partial charge in [-0.05, 0) is 38.2 Å². The molecule has 1 aliphatic heterocycles. The Kier molecular flexibility index (Phi) is 4.37. The lowest BCUT2D eigenvalue weighted by molar-refractivity contribution is -0.149. The zero-order chi connectivity index (χ0) is 12.8. The van der Waals surface area contributed by atoms with E-state index < -0.39 is 5.60 Å². The lowest BCUT2D eigenvalue weighted by Gasteiger charge is -2.10. The molecule has 0 radical (unpaired) electrons. The van der Waals surface area contributed by atoms with Gasteiger partial charge in [-0.1, -0.05) is 30.3 Å². The smallest absolute Gasteiger partial charge is 0.340 e. The summed E-state index contributed by atoms with van der Waals surface area (Å²) in [5.41, 5.74) is 0.742. The third-order valence-corrected chi connectivity index (χ3v) is 3.28. The van der Waals surface area contributed by atoms with Crippen LogP contribution in [-0.2, 0) is 20.7 Å². The van der Waals surface area contributed by atoms with Crippen molar-refractivity contribution >= 4 is 5.97 Å². The van der Waals surface area contributed by atoms with Crippen LogP contribution in [0.15, 0.2) is 30.3 Å². The maximum absolute atomic E-state index is 11.6. The van der Waals surface area contributed by atoms with Crippen molar-refractivity contribution in [2.75, 3.05) is 13.2 Å². The minimum atomic E-state index is -0.604. The molecule has 0 amide bonds. The molecular formula is C15H20O3. The van der Waals surface area contributed by atoms with Crippen molar-refractivity contribution in [3.8, 4) is 0 Å². The second kappa shape index (κ2) is 6.01. The van der Waals surface area contributed by atoms with E-state index in [1.54, 1.807) is 0 Å². The molecule has 0 spiro atoms. The Labute approximate surface area is 108 Å². The number of carbonyl (C=O) groups is 1. The molecule has 1 aromatic rings. The number of unbranched alkanes of at least 4 members (excludes halogenated alkanes) is 1. The first kappa shape index (κ1) is 13.1. The molecule has 0 unspecified atom stereocenters. The second-order valence-corrected chi connectivity index (χ2v) is 4.70. The van der Waals surface area contributed by atoms with Gasteiger partial charge in [-0.25, -0.2) is 4.79 Å². The van der Waals surface area contributed by atoms with Gasteiger partial charge in [-0.15, -0.1) is 0 Å². The van der Waals surface area contributed by atoms with Crippen LogP contribution in [0, 0.1) is 0 Å². The number of hydrogen-bond donors (Lipinski definition) is 0. The van der Waals surface area contributed by atoms with Crippen molar-refractivity contribution in [3.05, 3.63) is 35.9 Å². The summed E-state index contributed by atoms with van der Waals surface area (Å²) < 4.78 is 10.3. The normalized spacial score (nSPS) is 21.6. The molecule has 18 heavy (non-hydrogen) atoms. The van der Waals surface area contributed by atoms with Crippen LogP contribution in [0.2, 0.25) is 0 Å². The number of benzene rings is 1. The first-order valence-corrected chi connectivity index (χ1v) is 6.62. The van der Waals surface area contributed by atoms with Crippen molar-refractivity contribution in [2.24, 2.45) is 0 Å². The summed E-state index contributed by atoms with van der Waals surface area (Å²) >= 11 is 0. The highest BCUT2D eigenvalue weighted by atomic mass is 16.6. The van der Waals surface area contributed by atoms with Gasteiger partial charge in [-0.3, -0.25) is 0 Å². The minimum Gasteiger partial charge on any atom is -0.464 e. The molecule has 1 fully saturated rings. The average Bonchev–Trinajstić information content (AvgIpc) is 3.18. The third kappa shape index (κ3) is 3.33. The number of hydrogen-bond acceptors (Lipinski definition) is 3. The van der Waals surface area contributed by atoms with Crippen molar-refractivity contribution < 1.29 is 14.3 Å². The first-order valence-electron chi connectivity index (χ1n) is 6.62. The monoisotopic (exact) mass is 248 g/mol. The molecule has 1 heterocycles. The molecule has 0 aromatic heterocycles. The fourth-order valence-corrected chi connectivity index (χ4v) is 2.10. The van der Waals surface area contributed by atoms with Gasteiger partial charge in [-0.2, -0.15) is 0 Å². The first-order chi connectivity index (χ1) is 8.77. The number of carbonyl (C=O) groups excluding carboxylic acids is 1. The highest BCUT2D eigenvalue weighted by molar-refractivity contribution is 5.82. The zero-order valence-corrected chi connectivity index (χ0v) is 10.9.